The molecule has 1 rings (SSSR count). The van der Waals surface area contributed by atoms with Gasteiger partial charge in [-0.1, -0.05) is 0 Å². The largest absolute Gasteiger partial charge is 0.504 e. The summed E-state index contributed by atoms with van der Waals surface area (Å²) in [6, 6.07) is 2.30. The minimum Gasteiger partial charge on any atom is -0.504 e. The molecule has 0 radical (unpaired) electrons. The van der Waals surface area contributed by atoms with Crippen LogP contribution in [0.3, 0.4) is 0 Å². The van der Waals surface area contributed by atoms with Crippen molar-refractivity contribution in [3.63, 3.8) is 0 Å². The smallest absolute Gasteiger partial charge is 0.274 e. The Morgan fingerprint density at radius 1 is 1.63 bits per heavy atom. The first-order valence-corrected chi connectivity index (χ1v) is 5.46. The van der Waals surface area contributed by atoms with E-state index in [1.54, 1.807) is 7.05 Å². The fourth-order valence-electron chi connectivity index (χ4n) is 1.19. The molecule has 0 spiro atoms. The summed E-state index contributed by atoms with van der Waals surface area (Å²) in [5, 5.41) is 27.2. The van der Waals surface area contributed by atoms with E-state index in [1.165, 1.54) is 19.4 Å². The van der Waals surface area contributed by atoms with Gasteiger partial charge < -0.3 is 15.2 Å². The molecule has 102 valence electrons. The van der Waals surface area contributed by atoms with Crippen molar-refractivity contribution in [3.8, 4) is 11.5 Å². The first kappa shape index (κ1) is 14.6. The summed E-state index contributed by atoms with van der Waals surface area (Å²) >= 11 is 4.79. The van der Waals surface area contributed by atoms with Gasteiger partial charge in [-0.05, 0) is 12.2 Å². The van der Waals surface area contributed by atoms with Crippen molar-refractivity contribution in [3.05, 3.63) is 27.8 Å². The lowest BCUT2D eigenvalue weighted by Crippen LogP contribution is -2.28. The number of ether oxygens (including phenoxy) is 1. The van der Waals surface area contributed by atoms with Crippen LogP contribution in [0.2, 0.25) is 0 Å². The lowest BCUT2D eigenvalue weighted by atomic mass is 10.2. The number of non-ortho nitro benzene ring substituents is 1. The maximum absolute atomic E-state index is 10.7. The highest BCUT2D eigenvalue weighted by Gasteiger charge is 2.15. The predicted molar refractivity (Wildman–Crippen MR) is 73.7 cm³/mol. The maximum atomic E-state index is 10.7. The zero-order chi connectivity index (χ0) is 14.4. The van der Waals surface area contributed by atoms with Crippen LogP contribution in [0, 0.1) is 10.1 Å². The zero-order valence-electron chi connectivity index (χ0n) is 10.2. The molecule has 0 bridgehead atoms. The molecule has 0 amide bonds. The summed E-state index contributed by atoms with van der Waals surface area (Å²) in [5.41, 5.74) is 2.38. The van der Waals surface area contributed by atoms with E-state index < -0.39 is 4.92 Å². The third kappa shape index (κ3) is 3.78. The summed E-state index contributed by atoms with van der Waals surface area (Å²) in [6.45, 7) is 0. The van der Waals surface area contributed by atoms with Crippen LogP contribution in [0.5, 0.6) is 11.5 Å². The minimum absolute atomic E-state index is 0.00755. The van der Waals surface area contributed by atoms with Gasteiger partial charge in [-0.15, -0.1) is 0 Å². The highest BCUT2D eigenvalue weighted by Crippen LogP contribution is 2.33. The summed E-state index contributed by atoms with van der Waals surface area (Å²) in [5.74, 6) is -0.249. The van der Waals surface area contributed by atoms with Crippen LogP contribution in [0.4, 0.5) is 5.69 Å². The number of methoxy groups -OCH3 is 1. The van der Waals surface area contributed by atoms with Crippen molar-refractivity contribution >= 4 is 29.2 Å². The van der Waals surface area contributed by atoms with Crippen molar-refractivity contribution < 1.29 is 14.8 Å². The number of hydrogen-bond donors (Lipinski definition) is 3. The Morgan fingerprint density at radius 3 is 2.84 bits per heavy atom. The molecular weight excluding hydrogens is 272 g/mol. The fraction of sp³-hybridized carbons (Fsp3) is 0.200. The topological polar surface area (TPSA) is 109 Å². The molecular formula is C10H12N4O4S. The average molecular weight is 284 g/mol. The molecule has 0 aromatic heterocycles. The molecule has 9 heteroatoms. The first-order valence-electron chi connectivity index (χ1n) is 5.05. The van der Waals surface area contributed by atoms with Crippen LogP contribution in [0.1, 0.15) is 5.56 Å². The second-order valence-electron chi connectivity index (χ2n) is 3.29. The molecule has 0 saturated heterocycles. The van der Waals surface area contributed by atoms with Gasteiger partial charge in [0.1, 0.15) is 0 Å². The Morgan fingerprint density at radius 2 is 2.32 bits per heavy atom. The number of aromatic hydroxyl groups is 1. The molecule has 0 aliphatic rings. The fourth-order valence-corrected chi connectivity index (χ4v) is 1.24. The van der Waals surface area contributed by atoms with Gasteiger partial charge in [0.25, 0.3) is 5.69 Å². The number of nitro groups is 1. The SMILES string of the molecule is CNC(=S)N/N=C\c1cc([N+](=O)[O-])cc(OC)c1O. The quantitative estimate of drug-likeness (QED) is 0.324. The molecule has 0 aliphatic carbocycles. The van der Waals surface area contributed by atoms with Crippen LogP contribution in [0.15, 0.2) is 17.2 Å². The van der Waals surface area contributed by atoms with Crippen LogP contribution in [0.25, 0.3) is 0 Å². The van der Waals surface area contributed by atoms with Crippen molar-refractivity contribution in [1.82, 2.24) is 10.7 Å². The Bertz CT molecular complexity index is 533. The standard InChI is InChI=1S/C10H12N4O4S/c1-11-10(19)13-12-5-6-3-7(14(16)17)4-8(18-2)9(6)15/h3-5,15H,1-2H3,(H2,11,13,19)/b12-5-. The van der Waals surface area contributed by atoms with Gasteiger partial charge in [0.2, 0.25) is 0 Å². The maximum Gasteiger partial charge on any atom is 0.274 e. The van der Waals surface area contributed by atoms with Crippen LogP contribution >= 0.6 is 12.2 Å². The Labute approximate surface area is 114 Å². The lowest BCUT2D eigenvalue weighted by molar-refractivity contribution is -0.385. The van der Waals surface area contributed by atoms with Gasteiger partial charge in [0.05, 0.1) is 24.3 Å². The van der Waals surface area contributed by atoms with E-state index in [0.29, 0.717) is 0 Å². The van der Waals surface area contributed by atoms with E-state index in [4.69, 9.17) is 17.0 Å². The molecule has 1 aromatic rings. The number of rotatable bonds is 4. The highest BCUT2D eigenvalue weighted by molar-refractivity contribution is 7.80. The van der Waals surface area contributed by atoms with E-state index in [-0.39, 0.29) is 27.9 Å². The highest BCUT2D eigenvalue weighted by atomic mass is 32.1. The van der Waals surface area contributed by atoms with Crippen molar-refractivity contribution in [2.24, 2.45) is 5.10 Å². The number of phenols is 1. The van der Waals surface area contributed by atoms with E-state index in [2.05, 4.69) is 15.8 Å². The number of nitrogens with one attached hydrogen (secondary N) is 2. The summed E-state index contributed by atoms with van der Waals surface area (Å²) < 4.78 is 4.85. The second kappa shape index (κ2) is 6.50. The molecule has 8 nitrogen and oxygen atoms in total. The first-order chi connectivity index (χ1) is 8.99. The third-order valence-electron chi connectivity index (χ3n) is 2.12. The number of nitro benzene ring substituents is 1. The van der Waals surface area contributed by atoms with Gasteiger partial charge in [-0.25, -0.2) is 0 Å². The van der Waals surface area contributed by atoms with Crippen molar-refractivity contribution in [2.45, 2.75) is 0 Å². The number of thiocarbonyl (C=S) groups is 1. The Hall–Kier alpha value is -2.42. The van der Waals surface area contributed by atoms with Gasteiger partial charge in [0.15, 0.2) is 16.6 Å². The number of hydrogen-bond acceptors (Lipinski definition) is 6. The molecule has 0 atom stereocenters. The normalized spacial score (nSPS) is 10.2. The minimum atomic E-state index is -0.592. The zero-order valence-corrected chi connectivity index (χ0v) is 11.0. The number of nitrogens with zero attached hydrogens (tertiary/aromatic N) is 2. The van der Waals surface area contributed by atoms with E-state index in [1.807, 2.05) is 0 Å². The molecule has 0 unspecified atom stereocenters. The molecule has 19 heavy (non-hydrogen) atoms. The predicted octanol–water partition coefficient (Wildman–Crippen LogP) is 0.737. The van der Waals surface area contributed by atoms with Crippen LogP contribution in [-0.4, -0.2) is 35.5 Å². The summed E-state index contributed by atoms with van der Waals surface area (Å²) in [4.78, 5) is 10.1. The summed E-state index contributed by atoms with van der Waals surface area (Å²) in [6.07, 6.45) is 1.20. The van der Waals surface area contributed by atoms with Gasteiger partial charge >= 0.3 is 0 Å². The Kier molecular flexibility index (Phi) is 5.01. The van der Waals surface area contributed by atoms with E-state index in [9.17, 15) is 15.2 Å². The number of phenolic OH excluding ortho intramolecular Hbond substituents is 1. The molecule has 1 aromatic carbocycles. The molecule has 0 aliphatic heterocycles. The molecule has 0 fully saturated rings. The number of hydrazone groups is 1. The van der Waals surface area contributed by atoms with Gasteiger partial charge in [-0.2, -0.15) is 5.10 Å². The summed E-state index contributed by atoms with van der Waals surface area (Å²) in [7, 11) is 2.91. The van der Waals surface area contributed by atoms with Crippen LogP contribution < -0.4 is 15.5 Å². The van der Waals surface area contributed by atoms with E-state index in [0.717, 1.165) is 6.07 Å². The second-order valence-corrected chi connectivity index (χ2v) is 3.70. The van der Waals surface area contributed by atoms with Crippen molar-refractivity contribution in [1.29, 1.82) is 0 Å². The lowest BCUT2D eigenvalue weighted by Gasteiger charge is -2.06. The average Bonchev–Trinajstić information content (AvgIpc) is 2.40. The third-order valence-corrected chi connectivity index (χ3v) is 2.41. The monoisotopic (exact) mass is 284 g/mol. The molecule has 0 heterocycles. The Balaban J connectivity index is 3.08. The number of benzene rings is 1. The van der Waals surface area contributed by atoms with E-state index >= 15 is 0 Å². The van der Waals surface area contributed by atoms with Gasteiger partial charge in [-0.3, -0.25) is 15.5 Å². The molecule has 0 saturated carbocycles. The van der Waals surface area contributed by atoms with Gasteiger partial charge in [0, 0.05) is 18.7 Å². The van der Waals surface area contributed by atoms with Crippen LogP contribution in [-0.2, 0) is 0 Å². The van der Waals surface area contributed by atoms with Crippen molar-refractivity contribution in [2.75, 3.05) is 14.2 Å². The molecule has 3 N–H and O–H groups in total.